The molecule has 0 unspecified atom stereocenters. The molecule has 3 amide bonds. The van der Waals surface area contributed by atoms with Crippen molar-refractivity contribution in [3.05, 3.63) is 70.2 Å². The number of halogens is 2. The van der Waals surface area contributed by atoms with Crippen molar-refractivity contribution in [1.82, 2.24) is 10.7 Å². The summed E-state index contributed by atoms with van der Waals surface area (Å²) in [5.74, 6) is -0.460. The second-order valence-electron chi connectivity index (χ2n) is 5.02. The summed E-state index contributed by atoms with van der Waals surface area (Å²) in [6.07, 6.45) is 4.99. The van der Waals surface area contributed by atoms with E-state index in [-0.39, 0.29) is 6.54 Å². The number of amides is 3. The van der Waals surface area contributed by atoms with Crippen molar-refractivity contribution in [2.45, 2.75) is 0 Å². The number of nitrogens with zero attached hydrogens (tertiary/aromatic N) is 1. The fourth-order valence-electron chi connectivity index (χ4n) is 1.82. The maximum Gasteiger partial charge on any atom is 0.319 e. The summed E-state index contributed by atoms with van der Waals surface area (Å²) in [5.41, 5.74) is 3.78. The molecule has 0 heterocycles. The minimum absolute atomic E-state index is 0.229. The summed E-state index contributed by atoms with van der Waals surface area (Å²) >= 11 is 11.7. The molecule has 2 rings (SSSR count). The Morgan fingerprint density at radius 3 is 2.54 bits per heavy atom. The quantitative estimate of drug-likeness (QED) is 0.515. The van der Waals surface area contributed by atoms with Crippen molar-refractivity contribution in [3.63, 3.8) is 0 Å². The van der Waals surface area contributed by atoms with Gasteiger partial charge in [0.05, 0.1) is 10.0 Å². The average Bonchev–Trinajstić information content (AvgIpc) is 2.64. The molecule has 0 aromatic heterocycles. The van der Waals surface area contributed by atoms with E-state index >= 15 is 0 Å². The van der Waals surface area contributed by atoms with E-state index in [1.165, 1.54) is 12.3 Å². The zero-order valence-electron chi connectivity index (χ0n) is 13.6. The van der Waals surface area contributed by atoms with Crippen LogP contribution in [0.5, 0.6) is 0 Å². The summed E-state index contributed by atoms with van der Waals surface area (Å²) in [6.45, 7) is -0.229. The fourth-order valence-corrected chi connectivity index (χ4v) is 2.12. The number of rotatable bonds is 6. The Balaban J connectivity index is 1.69. The van der Waals surface area contributed by atoms with Gasteiger partial charge in [-0.05, 0) is 29.8 Å². The normalized spacial score (nSPS) is 10.8. The van der Waals surface area contributed by atoms with Gasteiger partial charge >= 0.3 is 6.03 Å². The van der Waals surface area contributed by atoms with E-state index in [4.69, 9.17) is 23.2 Å². The van der Waals surface area contributed by atoms with Crippen LogP contribution in [0.1, 0.15) is 5.56 Å². The van der Waals surface area contributed by atoms with Gasteiger partial charge in [0, 0.05) is 11.9 Å². The van der Waals surface area contributed by atoms with E-state index < -0.39 is 11.9 Å². The Bertz CT molecular complexity index is 823. The first-order chi connectivity index (χ1) is 12.5. The van der Waals surface area contributed by atoms with Gasteiger partial charge in [0.25, 0.3) is 5.91 Å². The van der Waals surface area contributed by atoms with E-state index in [9.17, 15) is 9.59 Å². The predicted molar refractivity (Wildman–Crippen MR) is 106 cm³/mol. The fraction of sp³-hybridized carbons (Fsp3) is 0.0556. The number of nitrogens with one attached hydrogen (secondary N) is 3. The van der Waals surface area contributed by atoms with Crippen LogP contribution in [0.25, 0.3) is 6.08 Å². The third-order valence-electron chi connectivity index (χ3n) is 3.03. The van der Waals surface area contributed by atoms with E-state index in [0.29, 0.717) is 15.7 Å². The van der Waals surface area contributed by atoms with Crippen molar-refractivity contribution in [2.24, 2.45) is 5.10 Å². The summed E-state index contributed by atoms with van der Waals surface area (Å²) in [5, 5.41) is 9.40. The number of allylic oxidation sites excluding steroid dienone is 1. The molecule has 0 aliphatic carbocycles. The van der Waals surface area contributed by atoms with Gasteiger partial charge in [0.1, 0.15) is 6.54 Å². The maximum absolute atomic E-state index is 11.7. The van der Waals surface area contributed by atoms with Crippen LogP contribution in [0.4, 0.5) is 10.5 Å². The minimum atomic E-state index is -0.550. The SMILES string of the molecule is O=C(CNC(=O)Nc1ccc(Cl)c(Cl)c1)N/N=C/C=C\c1ccccc1. The number of benzene rings is 2. The first-order valence-corrected chi connectivity index (χ1v) is 8.34. The monoisotopic (exact) mass is 390 g/mol. The van der Waals surface area contributed by atoms with Crippen molar-refractivity contribution >= 4 is 53.1 Å². The molecule has 26 heavy (non-hydrogen) atoms. The van der Waals surface area contributed by atoms with E-state index in [1.54, 1.807) is 18.2 Å². The first kappa shape index (κ1) is 19.5. The number of hydrogen-bond acceptors (Lipinski definition) is 3. The highest BCUT2D eigenvalue weighted by molar-refractivity contribution is 6.42. The van der Waals surface area contributed by atoms with Gasteiger partial charge in [-0.3, -0.25) is 4.79 Å². The van der Waals surface area contributed by atoms with Crippen LogP contribution >= 0.6 is 23.2 Å². The Hall–Kier alpha value is -2.83. The second kappa shape index (κ2) is 10.2. The van der Waals surface area contributed by atoms with Crippen LogP contribution in [-0.4, -0.2) is 24.7 Å². The lowest BCUT2D eigenvalue weighted by atomic mass is 10.2. The van der Waals surface area contributed by atoms with Crippen LogP contribution in [0.2, 0.25) is 10.0 Å². The second-order valence-corrected chi connectivity index (χ2v) is 5.83. The lowest BCUT2D eigenvalue weighted by Gasteiger charge is -2.07. The van der Waals surface area contributed by atoms with E-state index in [1.807, 2.05) is 36.4 Å². The molecule has 0 atom stereocenters. The zero-order chi connectivity index (χ0) is 18.8. The molecule has 0 aliphatic rings. The summed E-state index contributed by atoms with van der Waals surface area (Å²) in [4.78, 5) is 23.3. The Morgan fingerprint density at radius 2 is 1.81 bits per heavy atom. The lowest BCUT2D eigenvalue weighted by molar-refractivity contribution is -0.120. The Kier molecular flexibility index (Phi) is 7.67. The third kappa shape index (κ3) is 6.96. The van der Waals surface area contributed by atoms with Crippen molar-refractivity contribution in [2.75, 3.05) is 11.9 Å². The maximum atomic E-state index is 11.7. The van der Waals surface area contributed by atoms with Gasteiger partial charge in [0.2, 0.25) is 0 Å². The van der Waals surface area contributed by atoms with Crippen molar-refractivity contribution in [3.8, 4) is 0 Å². The summed E-state index contributed by atoms with van der Waals surface area (Å²) < 4.78 is 0. The van der Waals surface area contributed by atoms with E-state index in [2.05, 4.69) is 21.2 Å². The van der Waals surface area contributed by atoms with Crippen LogP contribution in [-0.2, 0) is 4.79 Å². The zero-order valence-corrected chi connectivity index (χ0v) is 15.1. The van der Waals surface area contributed by atoms with Gasteiger partial charge in [-0.1, -0.05) is 59.6 Å². The Labute approximate surface area is 160 Å². The van der Waals surface area contributed by atoms with E-state index in [0.717, 1.165) is 5.56 Å². The number of anilines is 1. The standard InChI is InChI=1S/C18H16Cl2N4O2/c19-15-9-8-14(11-16(15)20)23-18(26)21-12-17(25)24-22-10-4-7-13-5-2-1-3-6-13/h1-11H,12H2,(H,24,25)(H2,21,23,26)/b7-4-,22-10+. The molecule has 8 heteroatoms. The van der Waals surface area contributed by atoms with Gasteiger partial charge in [-0.2, -0.15) is 5.10 Å². The van der Waals surface area contributed by atoms with Crippen LogP contribution in [0, 0.1) is 0 Å². The molecule has 0 aliphatic heterocycles. The largest absolute Gasteiger partial charge is 0.329 e. The summed E-state index contributed by atoms with van der Waals surface area (Å²) in [6, 6.07) is 13.8. The number of carbonyl (C=O) groups excluding carboxylic acids is 2. The molecule has 134 valence electrons. The molecular formula is C18H16Cl2N4O2. The van der Waals surface area contributed by atoms with Gasteiger partial charge in [-0.15, -0.1) is 0 Å². The van der Waals surface area contributed by atoms with Crippen LogP contribution < -0.4 is 16.1 Å². The van der Waals surface area contributed by atoms with Crippen LogP contribution in [0.15, 0.2) is 59.7 Å². The molecule has 0 saturated carbocycles. The highest BCUT2D eigenvalue weighted by Crippen LogP contribution is 2.24. The smallest absolute Gasteiger partial charge is 0.319 e. The number of hydrazone groups is 1. The van der Waals surface area contributed by atoms with Crippen molar-refractivity contribution < 1.29 is 9.59 Å². The molecule has 0 fully saturated rings. The van der Waals surface area contributed by atoms with Gasteiger partial charge < -0.3 is 10.6 Å². The third-order valence-corrected chi connectivity index (χ3v) is 3.76. The molecule has 0 spiro atoms. The lowest BCUT2D eigenvalue weighted by Crippen LogP contribution is -2.37. The molecular weight excluding hydrogens is 375 g/mol. The first-order valence-electron chi connectivity index (χ1n) is 7.58. The molecule has 2 aromatic carbocycles. The minimum Gasteiger partial charge on any atom is -0.329 e. The molecule has 0 saturated heterocycles. The predicted octanol–water partition coefficient (Wildman–Crippen LogP) is 3.93. The van der Waals surface area contributed by atoms with Crippen LogP contribution in [0.3, 0.4) is 0 Å². The molecule has 0 bridgehead atoms. The number of carbonyl (C=O) groups is 2. The topological polar surface area (TPSA) is 82.6 Å². The molecule has 0 radical (unpaired) electrons. The average molecular weight is 391 g/mol. The summed E-state index contributed by atoms with van der Waals surface area (Å²) in [7, 11) is 0. The number of hydrogen-bond donors (Lipinski definition) is 3. The highest BCUT2D eigenvalue weighted by atomic mass is 35.5. The van der Waals surface area contributed by atoms with Gasteiger partial charge in [0.15, 0.2) is 0 Å². The van der Waals surface area contributed by atoms with Gasteiger partial charge in [-0.25, -0.2) is 10.2 Å². The number of urea groups is 1. The molecule has 2 aromatic rings. The molecule has 6 nitrogen and oxygen atoms in total. The Morgan fingerprint density at radius 1 is 1.04 bits per heavy atom. The van der Waals surface area contributed by atoms with Crippen molar-refractivity contribution in [1.29, 1.82) is 0 Å². The highest BCUT2D eigenvalue weighted by Gasteiger charge is 2.06. The molecule has 3 N–H and O–H groups in total.